The lowest BCUT2D eigenvalue weighted by atomic mass is 10.1. The molecule has 2 amide bonds. The molecule has 0 saturated heterocycles. The van der Waals surface area contributed by atoms with E-state index in [1.807, 2.05) is 0 Å². The highest BCUT2D eigenvalue weighted by Crippen LogP contribution is 2.12. The molecule has 0 heterocycles. The normalized spacial score (nSPS) is 11.6. The summed E-state index contributed by atoms with van der Waals surface area (Å²) in [5, 5.41) is 8.75. The van der Waals surface area contributed by atoms with Crippen LogP contribution in [0.4, 0.5) is 0 Å². The van der Waals surface area contributed by atoms with Crippen molar-refractivity contribution in [3.8, 4) is 0 Å². The Hall–Kier alpha value is -3.76. The van der Waals surface area contributed by atoms with Crippen molar-refractivity contribution in [3.05, 3.63) is 71.8 Å². The molecule has 0 aliphatic heterocycles. The third kappa shape index (κ3) is 5.19. The molecule has 0 unspecified atom stereocenters. The van der Waals surface area contributed by atoms with Crippen LogP contribution in [-0.4, -0.2) is 62.0 Å². The molecule has 2 aromatic carbocycles. The van der Waals surface area contributed by atoms with Crippen molar-refractivity contribution >= 4 is 23.2 Å². The molecule has 158 valence electrons. The fourth-order valence-corrected chi connectivity index (χ4v) is 2.47. The third-order valence-corrected chi connectivity index (χ3v) is 3.72. The fraction of sp³-hybridized carbons (Fsp3) is 0.200. The Morgan fingerprint density at radius 2 is 0.967 bits per heavy atom. The molecule has 10 nitrogen and oxygen atoms in total. The molecule has 0 N–H and O–H groups in total. The van der Waals surface area contributed by atoms with Crippen LogP contribution in [0.1, 0.15) is 11.1 Å². The van der Waals surface area contributed by atoms with Gasteiger partial charge in [-0.15, -0.1) is 0 Å². The molecule has 2 rings (SSSR count). The van der Waals surface area contributed by atoms with E-state index in [0.29, 0.717) is 21.5 Å². The number of rotatable bonds is 8. The second-order valence-corrected chi connectivity index (χ2v) is 5.50. The SMILES string of the molecule is CO/N=C(/C(=O)N(OC)N(OC)C(=O)/C(=N/OC)c1ccccc1)c1ccccc1. The van der Waals surface area contributed by atoms with Crippen LogP contribution in [0.25, 0.3) is 0 Å². The van der Waals surface area contributed by atoms with Gasteiger partial charge in [-0.05, 0) is 0 Å². The summed E-state index contributed by atoms with van der Waals surface area (Å²) in [7, 11) is 4.99. The topological polar surface area (TPSA) is 102 Å². The lowest BCUT2D eigenvalue weighted by molar-refractivity contribution is -0.340. The van der Waals surface area contributed by atoms with Gasteiger partial charge < -0.3 is 9.68 Å². The van der Waals surface area contributed by atoms with Crippen LogP contribution in [0.3, 0.4) is 0 Å². The van der Waals surface area contributed by atoms with Crippen molar-refractivity contribution in [3.63, 3.8) is 0 Å². The highest BCUT2D eigenvalue weighted by Gasteiger charge is 2.35. The minimum atomic E-state index is -0.814. The van der Waals surface area contributed by atoms with E-state index >= 15 is 0 Å². The van der Waals surface area contributed by atoms with Crippen LogP contribution in [0, 0.1) is 0 Å². The van der Waals surface area contributed by atoms with Crippen molar-refractivity contribution < 1.29 is 28.9 Å². The molecule has 0 spiro atoms. The average molecular weight is 414 g/mol. The summed E-state index contributed by atoms with van der Waals surface area (Å²) in [5.74, 6) is -1.63. The van der Waals surface area contributed by atoms with Crippen molar-refractivity contribution in [1.29, 1.82) is 0 Å². The summed E-state index contributed by atoms with van der Waals surface area (Å²) < 4.78 is 0. The zero-order valence-corrected chi connectivity index (χ0v) is 17.0. The summed E-state index contributed by atoms with van der Waals surface area (Å²) in [6, 6.07) is 17.1. The van der Waals surface area contributed by atoms with Crippen molar-refractivity contribution in [1.82, 2.24) is 10.3 Å². The van der Waals surface area contributed by atoms with Crippen LogP contribution in [0.5, 0.6) is 0 Å². The maximum absolute atomic E-state index is 13.1. The second kappa shape index (κ2) is 11.3. The number of hydrogen-bond acceptors (Lipinski definition) is 8. The quantitative estimate of drug-likeness (QED) is 0.482. The molecule has 0 aliphatic rings. The molecule has 0 radical (unpaired) electrons. The van der Waals surface area contributed by atoms with E-state index in [0.717, 1.165) is 0 Å². The summed E-state index contributed by atoms with van der Waals surface area (Å²) in [5.41, 5.74) is 0.673. The van der Waals surface area contributed by atoms with Gasteiger partial charge in [-0.25, -0.2) is 0 Å². The van der Waals surface area contributed by atoms with Gasteiger partial charge in [0.2, 0.25) is 0 Å². The molecule has 0 aliphatic carbocycles. The highest BCUT2D eigenvalue weighted by atomic mass is 16.8. The number of amides is 2. The number of carbonyl (C=O) groups excluding carboxylic acids is 2. The third-order valence-electron chi connectivity index (χ3n) is 3.72. The Kier molecular flexibility index (Phi) is 8.48. The predicted octanol–water partition coefficient (Wildman–Crippen LogP) is 1.78. The molecule has 0 aromatic heterocycles. The number of oxime groups is 2. The van der Waals surface area contributed by atoms with Gasteiger partial charge in [-0.2, -0.15) is 0 Å². The summed E-state index contributed by atoms with van der Waals surface area (Å²) in [6.07, 6.45) is 0. The second-order valence-electron chi connectivity index (χ2n) is 5.50. The molecule has 0 atom stereocenters. The predicted molar refractivity (Wildman–Crippen MR) is 108 cm³/mol. The number of hydrogen-bond donors (Lipinski definition) is 0. The zero-order valence-electron chi connectivity index (χ0n) is 17.0. The number of nitrogens with zero attached hydrogens (tertiary/aromatic N) is 4. The van der Waals surface area contributed by atoms with Crippen LogP contribution in [0.2, 0.25) is 0 Å². The Balaban J connectivity index is 2.42. The zero-order chi connectivity index (χ0) is 21.9. The molecular weight excluding hydrogens is 392 g/mol. The Bertz CT molecular complexity index is 827. The lowest BCUT2D eigenvalue weighted by Crippen LogP contribution is -2.53. The van der Waals surface area contributed by atoms with Gasteiger partial charge in [0, 0.05) is 11.1 Å². The van der Waals surface area contributed by atoms with Crippen molar-refractivity contribution in [2.24, 2.45) is 10.3 Å². The van der Waals surface area contributed by atoms with E-state index in [1.165, 1.54) is 28.4 Å². The standard InChI is InChI=1S/C20H22N4O6/c1-27-21-17(15-11-7-5-8-12-15)19(25)23(29-3)24(30-4)20(26)18(22-28-2)16-13-9-6-10-14-16/h5-14H,1-4H3/b21-17+,22-18+. The van der Waals surface area contributed by atoms with Gasteiger partial charge in [0.15, 0.2) is 11.4 Å². The fourth-order valence-electron chi connectivity index (χ4n) is 2.47. The van der Waals surface area contributed by atoms with Gasteiger partial charge in [0.05, 0.1) is 14.2 Å². The molecule has 0 saturated carbocycles. The first kappa shape index (κ1) is 22.5. The van der Waals surface area contributed by atoms with E-state index in [-0.39, 0.29) is 11.4 Å². The number of benzene rings is 2. The molecule has 10 heteroatoms. The first-order chi connectivity index (χ1) is 14.6. The van der Waals surface area contributed by atoms with E-state index in [2.05, 4.69) is 10.3 Å². The largest absolute Gasteiger partial charge is 0.398 e. The number of carbonyl (C=O) groups is 2. The van der Waals surface area contributed by atoms with Gasteiger partial charge in [-0.1, -0.05) is 81.3 Å². The van der Waals surface area contributed by atoms with E-state index < -0.39 is 11.8 Å². The minimum Gasteiger partial charge on any atom is -0.398 e. The van der Waals surface area contributed by atoms with E-state index in [1.54, 1.807) is 60.7 Å². The number of hydroxylamine groups is 2. The molecule has 2 aromatic rings. The maximum atomic E-state index is 13.1. The highest BCUT2D eigenvalue weighted by molar-refractivity contribution is 6.47. The lowest BCUT2D eigenvalue weighted by Gasteiger charge is -2.29. The van der Waals surface area contributed by atoms with Gasteiger partial charge in [-0.3, -0.25) is 19.3 Å². The first-order valence-electron chi connectivity index (χ1n) is 8.69. The summed E-state index contributed by atoms with van der Waals surface area (Å²) in [4.78, 5) is 46.1. The van der Waals surface area contributed by atoms with Crippen LogP contribution >= 0.6 is 0 Å². The smallest absolute Gasteiger partial charge is 0.322 e. The Morgan fingerprint density at radius 3 is 1.23 bits per heavy atom. The van der Waals surface area contributed by atoms with Gasteiger partial charge in [0.25, 0.3) is 0 Å². The summed E-state index contributed by atoms with van der Waals surface area (Å²) in [6.45, 7) is 0. The average Bonchev–Trinajstić information content (AvgIpc) is 2.79. The molecule has 0 fully saturated rings. The first-order valence-corrected chi connectivity index (χ1v) is 8.69. The summed E-state index contributed by atoms with van der Waals surface area (Å²) >= 11 is 0. The Labute approximate surface area is 173 Å². The van der Waals surface area contributed by atoms with Crippen LogP contribution < -0.4 is 0 Å². The Morgan fingerprint density at radius 1 is 0.633 bits per heavy atom. The maximum Gasteiger partial charge on any atom is 0.322 e. The van der Waals surface area contributed by atoms with Crippen LogP contribution in [0.15, 0.2) is 71.0 Å². The van der Waals surface area contributed by atoms with E-state index in [9.17, 15) is 9.59 Å². The molecule has 30 heavy (non-hydrogen) atoms. The van der Waals surface area contributed by atoms with Gasteiger partial charge in [0.1, 0.15) is 14.2 Å². The monoisotopic (exact) mass is 414 g/mol. The van der Waals surface area contributed by atoms with Crippen molar-refractivity contribution in [2.45, 2.75) is 0 Å². The van der Waals surface area contributed by atoms with Crippen molar-refractivity contribution in [2.75, 3.05) is 28.4 Å². The van der Waals surface area contributed by atoms with E-state index in [4.69, 9.17) is 19.4 Å². The minimum absolute atomic E-state index is 0.111. The molecule has 0 bridgehead atoms. The van der Waals surface area contributed by atoms with Gasteiger partial charge >= 0.3 is 11.8 Å². The molecular formula is C20H22N4O6. The van der Waals surface area contributed by atoms with Crippen LogP contribution in [-0.2, 0) is 28.9 Å². The number of hydrazine groups is 1.